The van der Waals surface area contributed by atoms with E-state index in [-0.39, 0.29) is 25.6 Å². The lowest BCUT2D eigenvalue weighted by Gasteiger charge is -2.21. The molecule has 21 heavy (non-hydrogen) atoms. The van der Waals surface area contributed by atoms with E-state index in [0.717, 1.165) is 0 Å². The lowest BCUT2D eigenvalue weighted by atomic mass is 10.2. The summed E-state index contributed by atoms with van der Waals surface area (Å²) in [6.07, 6.45) is 1.54. The van der Waals surface area contributed by atoms with E-state index >= 15 is 0 Å². The molecule has 0 aliphatic rings. The number of benzene rings is 1. The average Bonchev–Trinajstić information content (AvgIpc) is 2.42. The van der Waals surface area contributed by atoms with Gasteiger partial charge < -0.3 is 9.64 Å². The van der Waals surface area contributed by atoms with Crippen molar-refractivity contribution in [2.75, 3.05) is 19.7 Å². The topological polar surface area (TPSA) is 46.6 Å². The van der Waals surface area contributed by atoms with Gasteiger partial charge in [-0.25, -0.2) is 0 Å². The smallest absolute Gasteiger partial charge is 0.325 e. The maximum Gasteiger partial charge on any atom is 0.325 e. The first-order chi connectivity index (χ1) is 9.90. The summed E-state index contributed by atoms with van der Waals surface area (Å²) in [5.74, 6) is -0.826. The zero-order chi connectivity index (χ0) is 16.0. The van der Waals surface area contributed by atoms with E-state index < -0.39 is 5.97 Å². The van der Waals surface area contributed by atoms with E-state index in [1.54, 1.807) is 13.0 Å². The van der Waals surface area contributed by atoms with Crippen molar-refractivity contribution in [3.8, 4) is 0 Å². The Morgan fingerprint density at radius 3 is 2.67 bits per heavy atom. The summed E-state index contributed by atoms with van der Waals surface area (Å²) in [5, 5.41) is 0.750. The van der Waals surface area contributed by atoms with Gasteiger partial charge in [-0.05, 0) is 41.6 Å². The molecule has 0 unspecified atom stereocenters. The van der Waals surface area contributed by atoms with Gasteiger partial charge >= 0.3 is 5.97 Å². The molecule has 1 rings (SSSR count). The summed E-state index contributed by atoms with van der Waals surface area (Å²) in [7, 11) is 0. The van der Waals surface area contributed by atoms with Crippen LogP contribution in [0.25, 0.3) is 0 Å². The zero-order valence-electron chi connectivity index (χ0n) is 11.4. The third-order valence-corrected chi connectivity index (χ3v) is 4.48. The van der Waals surface area contributed by atoms with E-state index in [9.17, 15) is 9.59 Å². The minimum absolute atomic E-state index is 0.154. The highest BCUT2D eigenvalue weighted by Crippen LogP contribution is 2.27. The van der Waals surface area contributed by atoms with Crippen molar-refractivity contribution in [3.63, 3.8) is 0 Å². The number of halogens is 3. The van der Waals surface area contributed by atoms with Gasteiger partial charge in [0.25, 0.3) is 5.91 Å². The van der Waals surface area contributed by atoms with Gasteiger partial charge in [0.15, 0.2) is 0 Å². The molecule has 0 saturated heterocycles. The van der Waals surface area contributed by atoms with E-state index in [1.807, 2.05) is 22.6 Å². The van der Waals surface area contributed by atoms with E-state index in [0.29, 0.717) is 19.2 Å². The minimum Gasteiger partial charge on any atom is -0.465 e. The van der Waals surface area contributed by atoms with Crippen molar-refractivity contribution < 1.29 is 14.3 Å². The zero-order valence-corrected chi connectivity index (χ0v) is 15.0. The largest absolute Gasteiger partial charge is 0.465 e. The molecule has 0 saturated carbocycles. The normalized spacial score (nSPS) is 10.1. The second-order valence-corrected chi connectivity index (χ2v) is 5.95. The van der Waals surface area contributed by atoms with Crippen LogP contribution in [0.5, 0.6) is 0 Å². The van der Waals surface area contributed by atoms with Crippen LogP contribution in [0.4, 0.5) is 0 Å². The SMILES string of the molecule is C=CCN(CC(=O)OCC)C(=O)c1cc(Cl)cc(Cl)c1I. The molecule has 0 N–H and O–H groups in total. The van der Waals surface area contributed by atoms with Crippen LogP contribution < -0.4 is 0 Å². The van der Waals surface area contributed by atoms with E-state index in [4.69, 9.17) is 27.9 Å². The fourth-order valence-corrected chi connectivity index (χ4v) is 2.66. The van der Waals surface area contributed by atoms with Gasteiger partial charge in [0.05, 0.1) is 17.2 Å². The number of carbonyl (C=O) groups excluding carboxylic acids is 2. The number of nitrogens with zero attached hydrogens (tertiary/aromatic N) is 1. The van der Waals surface area contributed by atoms with E-state index in [1.165, 1.54) is 17.0 Å². The highest BCUT2D eigenvalue weighted by molar-refractivity contribution is 14.1. The third kappa shape index (κ3) is 5.16. The summed E-state index contributed by atoms with van der Waals surface area (Å²) >= 11 is 13.9. The first kappa shape index (κ1) is 18.3. The number of rotatable bonds is 6. The molecule has 4 nitrogen and oxygen atoms in total. The molecule has 0 fully saturated rings. The molecule has 114 valence electrons. The average molecular weight is 442 g/mol. The standard InChI is InChI=1S/C14H14Cl2INO3/c1-3-5-18(8-12(19)21-4-2)14(20)10-6-9(15)7-11(16)13(10)17/h3,6-7H,1,4-5,8H2,2H3. The number of esters is 1. The molecule has 0 aromatic heterocycles. The highest BCUT2D eigenvalue weighted by atomic mass is 127. The lowest BCUT2D eigenvalue weighted by molar-refractivity contribution is -0.143. The first-order valence-electron chi connectivity index (χ1n) is 6.11. The summed E-state index contributed by atoms with van der Waals surface area (Å²) in [6.45, 7) is 5.62. The Balaban J connectivity index is 3.06. The predicted molar refractivity (Wildman–Crippen MR) is 91.9 cm³/mol. The van der Waals surface area contributed by atoms with Crippen LogP contribution in [0.2, 0.25) is 10.0 Å². The maximum absolute atomic E-state index is 12.5. The Hall–Kier alpha value is -0.790. The second-order valence-electron chi connectivity index (χ2n) is 4.03. The molecule has 1 aromatic carbocycles. The van der Waals surface area contributed by atoms with E-state index in [2.05, 4.69) is 6.58 Å². The second kappa shape index (κ2) is 8.60. The van der Waals surface area contributed by atoms with Gasteiger partial charge in [-0.15, -0.1) is 6.58 Å². The predicted octanol–water partition coefficient (Wildman–Crippen LogP) is 3.79. The molecular weight excluding hydrogens is 428 g/mol. The van der Waals surface area contributed by atoms with Crippen molar-refractivity contribution in [2.24, 2.45) is 0 Å². The maximum atomic E-state index is 12.5. The Bertz CT molecular complexity index is 563. The Morgan fingerprint density at radius 2 is 2.10 bits per heavy atom. The minimum atomic E-state index is -0.476. The van der Waals surface area contributed by atoms with Crippen LogP contribution in [0.15, 0.2) is 24.8 Å². The number of amides is 1. The molecule has 7 heteroatoms. The van der Waals surface area contributed by atoms with Crippen molar-refractivity contribution in [2.45, 2.75) is 6.92 Å². The molecule has 0 atom stereocenters. The van der Waals surface area contributed by atoms with Crippen LogP contribution in [-0.4, -0.2) is 36.5 Å². The van der Waals surface area contributed by atoms with Crippen molar-refractivity contribution in [1.82, 2.24) is 4.90 Å². The molecule has 0 aliphatic heterocycles. The third-order valence-electron chi connectivity index (χ3n) is 2.49. The molecule has 1 amide bonds. The van der Waals surface area contributed by atoms with Gasteiger partial charge in [0, 0.05) is 15.1 Å². The number of carbonyl (C=O) groups is 2. The molecule has 0 spiro atoms. The molecule has 1 aromatic rings. The lowest BCUT2D eigenvalue weighted by Crippen LogP contribution is -2.37. The van der Waals surface area contributed by atoms with Crippen LogP contribution in [-0.2, 0) is 9.53 Å². The summed E-state index contributed by atoms with van der Waals surface area (Å²) < 4.78 is 5.45. The van der Waals surface area contributed by atoms with Crippen LogP contribution in [0, 0.1) is 3.57 Å². The fourth-order valence-electron chi connectivity index (χ4n) is 1.62. The van der Waals surface area contributed by atoms with Crippen LogP contribution >= 0.6 is 45.8 Å². The summed E-state index contributed by atoms with van der Waals surface area (Å²) in [4.78, 5) is 25.5. The van der Waals surface area contributed by atoms with Gasteiger partial charge in [0.2, 0.25) is 0 Å². The first-order valence-corrected chi connectivity index (χ1v) is 7.94. The van der Waals surface area contributed by atoms with Crippen molar-refractivity contribution >= 4 is 57.7 Å². The number of hydrogen-bond donors (Lipinski definition) is 0. The molecule has 0 radical (unpaired) electrons. The highest BCUT2D eigenvalue weighted by Gasteiger charge is 2.22. The summed E-state index contributed by atoms with van der Waals surface area (Å²) in [6, 6.07) is 3.09. The van der Waals surface area contributed by atoms with Gasteiger partial charge in [-0.2, -0.15) is 0 Å². The molecule has 0 heterocycles. The molecule has 0 aliphatic carbocycles. The van der Waals surface area contributed by atoms with Gasteiger partial charge in [0.1, 0.15) is 6.54 Å². The van der Waals surface area contributed by atoms with Crippen LogP contribution in [0.1, 0.15) is 17.3 Å². The Labute approximate surface area is 147 Å². The monoisotopic (exact) mass is 441 g/mol. The Morgan fingerprint density at radius 1 is 1.43 bits per heavy atom. The summed E-state index contributed by atoms with van der Waals surface area (Å²) in [5.41, 5.74) is 0.347. The molecular formula is C14H14Cl2INO3. The fraction of sp³-hybridized carbons (Fsp3) is 0.286. The molecule has 0 bridgehead atoms. The van der Waals surface area contributed by atoms with Crippen LogP contribution in [0.3, 0.4) is 0 Å². The van der Waals surface area contributed by atoms with Gasteiger partial charge in [-0.3, -0.25) is 9.59 Å². The van der Waals surface area contributed by atoms with Crippen molar-refractivity contribution in [1.29, 1.82) is 0 Å². The van der Waals surface area contributed by atoms with Crippen molar-refractivity contribution in [3.05, 3.63) is 44.0 Å². The van der Waals surface area contributed by atoms with Gasteiger partial charge in [-0.1, -0.05) is 29.3 Å². The number of ether oxygens (including phenoxy) is 1. The Kier molecular flexibility index (Phi) is 7.48. The number of hydrogen-bond acceptors (Lipinski definition) is 3. The quantitative estimate of drug-likeness (QED) is 0.292.